The standard InChI is InChI=1S/C14H16N2O3/c1-9-6-12(13(14(17)18)10(2)15-9)16(3)7-11-4-5-19-8-11/h4-6,8H,7H2,1-3H3,(H,17,18). The molecule has 0 atom stereocenters. The molecule has 2 rings (SSSR count). The van der Waals surface area contributed by atoms with E-state index < -0.39 is 5.97 Å². The van der Waals surface area contributed by atoms with Crippen molar-refractivity contribution in [2.24, 2.45) is 0 Å². The minimum absolute atomic E-state index is 0.247. The lowest BCUT2D eigenvalue weighted by atomic mass is 10.1. The molecule has 0 aliphatic rings. The van der Waals surface area contributed by atoms with Crippen molar-refractivity contribution in [2.45, 2.75) is 20.4 Å². The molecule has 0 fully saturated rings. The summed E-state index contributed by atoms with van der Waals surface area (Å²) in [5.74, 6) is -0.959. The summed E-state index contributed by atoms with van der Waals surface area (Å²) in [6.45, 7) is 4.15. The fraction of sp³-hybridized carbons (Fsp3) is 0.286. The Labute approximate surface area is 111 Å². The third-order valence-electron chi connectivity index (χ3n) is 2.93. The van der Waals surface area contributed by atoms with E-state index in [4.69, 9.17) is 4.42 Å². The number of anilines is 1. The van der Waals surface area contributed by atoms with E-state index in [1.165, 1.54) is 0 Å². The van der Waals surface area contributed by atoms with E-state index in [-0.39, 0.29) is 5.56 Å². The molecular formula is C14H16N2O3. The third kappa shape index (κ3) is 2.76. The molecule has 1 N–H and O–H groups in total. The van der Waals surface area contributed by atoms with Crippen LogP contribution in [0.3, 0.4) is 0 Å². The Morgan fingerprint density at radius 1 is 1.47 bits per heavy atom. The summed E-state index contributed by atoms with van der Waals surface area (Å²) in [5.41, 5.74) is 3.24. The molecule has 2 heterocycles. The number of aryl methyl sites for hydroxylation is 2. The number of pyridine rings is 1. The third-order valence-corrected chi connectivity index (χ3v) is 2.93. The number of nitrogens with zero attached hydrogens (tertiary/aromatic N) is 2. The number of aromatic nitrogens is 1. The summed E-state index contributed by atoms with van der Waals surface area (Å²) in [6.07, 6.45) is 3.25. The quantitative estimate of drug-likeness (QED) is 0.915. The lowest BCUT2D eigenvalue weighted by molar-refractivity contribution is 0.0696. The highest BCUT2D eigenvalue weighted by molar-refractivity contribution is 5.95. The van der Waals surface area contributed by atoms with Gasteiger partial charge in [0.25, 0.3) is 0 Å². The molecule has 0 amide bonds. The minimum atomic E-state index is -0.959. The average Bonchev–Trinajstić information content (AvgIpc) is 2.79. The van der Waals surface area contributed by atoms with Crippen LogP contribution in [0.4, 0.5) is 5.69 Å². The number of carboxylic acid groups (broad SMARTS) is 1. The molecule has 0 radical (unpaired) electrons. The van der Waals surface area contributed by atoms with Crippen molar-refractivity contribution in [3.8, 4) is 0 Å². The molecule has 0 spiro atoms. The monoisotopic (exact) mass is 260 g/mol. The van der Waals surface area contributed by atoms with Crippen LogP contribution in [-0.4, -0.2) is 23.1 Å². The molecule has 0 aromatic carbocycles. The van der Waals surface area contributed by atoms with Gasteiger partial charge in [-0.25, -0.2) is 4.79 Å². The van der Waals surface area contributed by atoms with E-state index in [9.17, 15) is 9.90 Å². The number of carboxylic acids is 1. The van der Waals surface area contributed by atoms with Crippen molar-refractivity contribution >= 4 is 11.7 Å². The van der Waals surface area contributed by atoms with E-state index >= 15 is 0 Å². The summed E-state index contributed by atoms with van der Waals surface area (Å²) in [4.78, 5) is 17.5. The first-order valence-electron chi connectivity index (χ1n) is 5.92. The molecule has 100 valence electrons. The lowest BCUT2D eigenvalue weighted by Gasteiger charge is -2.21. The normalized spacial score (nSPS) is 10.5. The van der Waals surface area contributed by atoms with Crippen molar-refractivity contribution < 1.29 is 14.3 Å². The Morgan fingerprint density at radius 3 is 2.79 bits per heavy atom. The summed E-state index contributed by atoms with van der Waals surface area (Å²) in [6, 6.07) is 3.65. The highest BCUT2D eigenvalue weighted by Gasteiger charge is 2.18. The number of furan rings is 1. The second-order valence-corrected chi connectivity index (χ2v) is 4.54. The Morgan fingerprint density at radius 2 is 2.21 bits per heavy atom. The van der Waals surface area contributed by atoms with E-state index in [0.29, 0.717) is 17.9 Å². The number of hydrogen-bond donors (Lipinski definition) is 1. The van der Waals surface area contributed by atoms with E-state index in [0.717, 1.165) is 11.3 Å². The summed E-state index contributed by atoms with van der Waals surface area (Å²) in [5, 5.41) is 9.33. The Bertz CT molecular complexity index is 591. The SMILES string of the molecule is Cc1cc(N(C)Cc2ccoc2)c(C(=O)O)c(C)n1. The van der Waals surface area contributed by atoms with Crippen LogP contribution < -0.4 is 4.90 Å². The van der Waals surface area contributed by atoms with Gasteiger partial charge in [0, 0.05) is 24.8 Å². The van der Waals surface area contributed by atoms with Gasteiger partial charge >= 0.3 is 5.97 Å². The molecule has 0 bridgehead atoms. The number of carbonyl (C=O) groups is 1. The van der Waals surface area contributed by atoms with Gasteiger partial charge in [0.05, 0.1) is 23.9 Å². The van der Waals surface area contributed by atoms with Gasteiger partial charge in [-0.15, -0.1) is 0 Å². The molecule has 5 heteroatoms. The van der Waals surface area contributed by atoms with Crippen molar-refractivity contribution in [1.82, 2.24) is 4.98 Å². The lowest BCUT2D eigenvalue weighted by Crippen LogP contribution is -2.20. The zero-order chi connectivity index (χ0) is 14.0. The average molecular weight is 260 g/mol. The van der Waals surface area contributed by atoms with E-state index in [1.54, 1.807) is 25.5 Å². The maximum Gasteiger partial charge on any atom is 0.339 e. The maximum atomic E-state index is 11.4. The van der Waals surface area contributed by atoms with E-state index in [2.05, 4.69) is 4.98 Å². The van der Waals surface area contributed by atoms with Crippen LogP contribution >= 0.6 is 0 Å². The predicted molar refractivity (Wildman–Crippen MR) is 71.5 cm³/mol. The van der Waals surface area contributed by atoms with Gasteiger partial charge in [-0.1, -0.05) is 0 Å². The highest BCUT2D eigenvalue weighted by Crippen LogP contribution is 2.24. The van der Waals surface area contributed by atoms with Crippen LogP contribution in [0, 0.1) is 13.8 Å². The Balaban J connectivity index is 2.40. The fourth-order valence-corrected chi connectivity index (χ4v) is 2.12. The molecule has 0 saturated heterocycles. The molecule has 2 aromatic heterocycles. The second-order valence-electron chi connectivity index (χ2n) is 4.54. The predicted octanol–water partition coefficient (Wildman–Crippen LogP) is 2.63. The Kier molecular flexibility index (Phi) is 3.55. The molecule has 5 nitrogen and oxygen atoms in total. The first-order valence-corrected chi connectivity index (χ1v) is 5.92. The van der Waals surface area contributed by atoms with Gasteiger partial charge in [-0.2, -0.15) is 0 Å². The molecule has 0 unspecified atom stereocenters. The van der Waals surface area contributed by atoms with Crippen LogP contribution in [-0.2, 0) is 6.54 Å². The van der Waals surface area contributed by atoms with Crippen LogP contribution in [0.25, 0.3) is 0 Å². The maximum absolute atomic E-state index is 11.4. The van der Waals surface area contributed by atoms with Gasteiger partial charge in [-0.05, 0) is 26.0 Å². The van der Waals surface area contributed by atoms with Crippen molar-refractivity contribution in [2.75, 3.05) is 11.9 Å². The molecule has 2 aromatic rings. The minimum Gasteiger partial charge on any atom is -0.478 e. The van der Waals surface area contributed by atoms with Crippen molar-refractivity contribution in [3.05, 3.63) is 47.2 Å². The van der Waals surface area contributed by atoms with Crippen molar-refractivity contribution in [1.29, 1.82) is 0 Å². The second kappa shape index (κ2) is 5.14. The van der Waals surface area contributed by atoms with Gasteiger partial charge in [0.15, 0.2) is 0 Å². The number of hydrogen-bond acceptors (Lipinski definition) is 4. The largest absolute Gasteiger partial charge is 0.478 e. The molecule has 0 aliphatic heterocycles. The molecule has 19 heavy (non-hydrogen) atoms. The van der Waals surface area contributed by atoms with E-state index in [1.807, 2.05) is 24.9 Å². The summed E-state index contributed by atoms with van der Waals surface area (Å²) in [7, 11) is 1.85. The number of rotatable bonds is 4. The summed E-state index contributed by atoms with van der Waals surface area (Å²) >= 11 is 0. The zero-order valence-corrected chi connectivity index (χ0v) is 11.2. The smallest absolute Gasteiger partial charge is 0.339 e. The number of aromatic carboxylic acids is 1. The molecular weight excluding hydrogens is 244 g/mol. The van der Waals surface area contributed by atoms with Crippen LogP contribution in [0.2, 0.25) is 0 Å². The van der Waals surface area contributed by atoms with Gasteiger partial charge in [-0.3, -0.25) is 4.98 Å². The van der Waals surface area contributed by atoms with Gasteiger partial charge < -0.3 is 14.4 Å². The van der Waals surface area contributed by atoms with Gasteiger partial charge in [0.2, 0.25) is 0 Å². The van der Waals surface area contributed by atoms with Crippen LogP contribution in [0.1, 0.15) is 27.3 Å². The van der Waals surface area contributed by atoms with Crippen LogP contribution in [0.15, 0.2) is 29.1 Å². The van der Waals surface area contributed by atoms with Gasteiger partial charge in [0.1, 0.15) is 5.56 Å². The molecule has 0 saturated carbocycles. The topological polar surface area (TPSA) is 66.6 Å². The highest BCUT2D eigenvalue weighted by atomic mass is 16.4. The Hall–Kier alpha value is -2.30. The molecule has 0 aliphatic carbocycles. The zero-order valence-electron chi connectivity index (χ0n) is 11.2. The van der Waals surface area contributed by atoms with Crippen molar-refractivity contribution in [3.63, 3.8) is 0 Å². The first-order chi connectivity index (χ1) is 8.99. The first kappa shape index (κ1) is 13.1. The van der Waals surface area contributed by atoms with Crippen LogP contribution in [0.5, 0.6) is 0 Å². The summed E-state index contributed by atoms with van der Waals surface area (Å²) < 4.78 is 5.02. The fourth-order valence-electron chi connectivity index (χ4n) is 2.12.